The second-order valence-corrected chi connectivity index (χ2v) is 6.70. The van der Waals surface area contributed by atoms with Gasteiger partial charge in [0.1, 0.15) is 5.75 Å². The summed E-state index contributed by atoms with van der Waals surface area (Å²) >= 11 is 0. The molecule has 6 heteroatoms. The molecule has 0 bridgehead atoms. The average Bonchev–Trinajstić information content (AvgIpc) is 3.12. The van der Waals surface area contributed by atoms with Gasteiger partial charge in [-0.3, -0.25) is 9.59 Å². The summed E-state index contributed by atoms with van der Waals surface area (Å²) in [4.78, 5) is 26.8. The number of nitrogens with one attached hydrogen (secondary N) is 1. The Morgan fingerprint density at radius 2 is 1.86 bits per heavy atom. The van der Waals surface area contributed by atoms with E-state index in [1.807, 2.05) is 55.5 Å². The van der Waals surface area contributed by atoms with Gasteiger partial charge in [-0.05, 0) is 30.2 Å². The van der Waals surface area contributed by atoms with Crippen LogP contribution < -0.4 is 15.0 Å². The van der Waals surface area contributed by atoms with Crippen LogP contribution in [0, 0.1) is 5.92 Å². The molecule has 1 heterocycles. The number of nitrogens with zero attached hydrogens (tertiary/aromatic N) is 1. The minimum absolute atomic E-state index is 0.0682. The molecule has 0 spiro atoms. The Hall–Kier alpha value is -2.86. The van der Waals surface area contributed by atoms with Crippen LogP contribution in [0.5, 0.6) is 5.75 Å². The highest BCUT2D eigenvalue weighted by Gasteiger charge is 2.36. The first-order valence-electron chi connectivity index (χ1n) is 9.49. The Bertz CT molecular complexity index is 837. The van der Waals surface area contributed by atoms with Gasteiger partial charge in [0.25, 0.3) is 0 Å². The SMILES string of the molecule is CCOCc1ccccc1CNC(=O)C1CC(=O)N(c2ccccc2OC)C1. The monoisotopic (exact) mass is 382 g/mol. The van der Waals surface area contributed by atoms with Gasteiger partial charge in [0.15, 0.2) is 0 Å². The third kappa shape index (κ3) is 4.51. The Kier molecular flexibility index (Phi) is 6.66. The third-order valence-corrected chi connectivity index (χ3v) is 4.90. The van der Waals surface area contributed by atoms with Crippen molar-refractivity contribution in [1.29, 1.82) is 0 Å². The molecule has 1 N–H and O–H groups in total. The molecule has 1 aliphatic heterocycles. The highest BCUT2D eigenvalue weighted by atomic mass is 16.5. The number of amides is 2. The second kappa shape index (κ2) is 9.37. The zero-order chi connectivity index (χ0) is 19.9. The van der Waals surface area contributed by atoms with E-state index in [4.69, 9.17) is 9.47 Å². The molecule has 0 radical (unpaired) electrons. The lowest BCUT2D eigenvalue weighted by Gasteiger charge is -2.19. The van der Waals surface area contributed by atoms with Crippen molar-refractivity contribution in [1.82, 2.24) is 5.32 Å². The molecule has 1 aliphatic rings. The summed E-state index contributed by atoms with van der Waals surface area (Å²) in [5, 5.41) is 2.97. The molecule has 28 heavy (non-hydrogen) atoms. The molecule has 1 fully saturated rings. The number of para-hydroxylation sites is 2. The van der Waals surface area contributed by atoms with E-state index in [0.29, 0.717) is 37.7 Å². The fourth-order valence-electron chi connectivity index (χ4n) is 3.38. The van der Waals surface area contributed by atoms with Gasteiger partial charge in [-0.2, -0.15) is 0 Å². The number of rotatable bonds is 8. The van der Waals surface area contributed by atoms with Crippen LogP contribution in [0.15, 0.2) is 48.5 Å². The summed E-state index contributed by atoms with van der Waals surface area (Å²) in [6.07, 6.45) is 0.199. The molecular weight excluding hydrogens is 356 g/mol. The first-order chi connectivity index (χ1) is 13.6. The van der Waals surface area contributed by atoms with Gasteiger partial charge in [0, 0.05) is 26.1 Å². The lowest BCUT2D eigenvalue weighted by atomic mass is 10.1. The van der Waals surface area contributed by atoms with Crippen LogP contribution in [-0.4, -0.2) is 32.1 Å². The van der Waals surface area contributed by atoms with Crippen molar-refractivity contribution in [2.24, 2.45) is 5.92 Å². The van der Waals surface area contributed by atoms with Gasteiger partial charge in [-0.15, -0.1) is 0 Å². The topological polar surface area (TPSA) is 67.9 Å². The molecule has 0 saturated carbocycles. The molecule has 2 aromatic carbocycles. The predicted octanol–water partition coefficient (Wildman–Crippen LogP) is 2.90. The maximum atomic E-state index is 12.7. The highest BCUT2D eigenvalue weighted by Crippen LogP contribution is 2.32. The van der Waals surface area contributed by atoms with Crippen LogP contribution >= 0.6 is 0 Å². The summed E-state index contributed by atoms with van der Waals surface area (Å²) in [6.45, 7) is 3.89. The molecule has 6 nitrogen and oxygen atoms in total. The molecule has 1 saturated heterocycles. The summed E-state index contributed by atoms with van der Waals surface area (Å²) < 4.78 is 10.8. The minimum atomic E-state index is -0.378. The van der Waals surface area contributed by atoms with E-state index in [9.17, 15) is 9.59 Å². The summed E-state index contributed by atoms with van der Waals surface area (Å²) in [5.74, 6) is 0.0663. The van der Waals surface area contributed by atoms with Crippen LogP contribution in [0.2, 0.25) is 0 Å². The van der Waals surface area contributed by atoms with Gasteiger partial charge < -0.3 is 19.7 Å². The third-order valence-electron chi connectivity index (χ3n) is 4.90. The van der Waals surface area contributed by atoms with Crippen LogP contribution in [0.25, 0.3) is 0 Å². The van der Waals surface area contributed by atoms with Gasteiger partial charge >= 0.3 is 0 Å². The molecule has 2 aromatic rings. The number of hydrogen-bond donors (Lipinski definition) is 1. The lowest BCUT2D eigenvalue weighted by molar-refractivity contribution is -0.126. The zero-order valence-electron chi connectivity index (χ0n) is 16.3. The molecular formula is C22H26N2O4. The molecule has 0 aromatic heterocycles. The fourth-order valence-corrected chi connectivity index (χ4v) is 3.38. The Labute approximate surface area is 165 Å². The predicted molar refractivity (Wildman–Crippen MR) is 107 cm³/mol. The van der Waals surface area contributed by atoms with Crippen molar-refractivity contribution >= 4 is 17.5 Å². The smallest absolute Gasteiger partial charge is 0.227 e. The maximum absolute atomic E-state index is 12.7. The Balaban J connectivity index is 1.63. The van der Waals surface area contributed by atoms with Crippen molar-refractivity contribution in [3.8, 4) is 5.75 Å². The second-order valence-electron chi connectivity index (χ2n) is 6.70. The van der Waals surface area contributed by atoms with Crippen LogP contribution in [0.1, 0.15) is 24.5 Å². The number of ether oxygens (including phenoxy) is 2. The van der Waals surface area contributed by atoms with Gasteiger partial charge in [-0.1, -0.05) is 36.4 Å². The van der Waals surface area contributed by atoms with Crippen LogP contribution in [0.3, 0.4) is 0 Å². The first kappa shape index (κ1) is 19.9. The van der Waals surface area contributed by atoms with E-state index in [1.54, 1.807) is 12.0 Å². The molecule has 148 valence electrons. The van der Waals surface area contributed by atoms with Gasteiger partial charge in [0.2, 0.25) is 11.8 Å². The first-order valence-corrected chi connectivity index (χ1v) is 9.49. The van der Waals surface area contributed by atoms with E-state index < -0.39 is 0 Å². The number of hydrogen-bond acceptors (Lipinski definition) is 4. The Morgan fingerprint density at radius 1 is 1.14 bits per heavy atom. The summed E-state index contributed by atoms with van der Waals surface area (Å²) in [6, 6.07) is 15.2. The standard InChI is InChI=1S/C22H26N2O4/c1-3-28-15-17-9-5-4-8-16(17)13-23-22(26)18-12-21(25)24(14-18)19-10-6-7-11-20(19)27-2/h4-11,18H,3,12-15H2,1-2H3,(H,23,26). The number of methoxy groups -OCH3 is 1. The van der Waals surface area contributed by atoms with Gasteiger partial charge in [-0.25, -0.2) is 0 Å². The van der Waals surface area contributed by atoms with Crippen molar-refractivity contribution in [3.63, 3.8) is 0 Å². The van der Waals surface area contributed by atoms with Crippen LogP contribution in [0.4, 0.5) is 5.69 Å². The van der Waals surface area contributed by atoms with E-state index in [2.05, 4.69) is 5.32 Å². The van der Waals surface area contributed by atoms with Crippen LogP contribution in [-0.2, 0) is 27.5 Å². The van der Waals surface area contributed by atoms with E-state index in [-0.39, 0.29) is 24.2 Å². The fraction of sp³-hybridized carbons (Fsp3) is 0.364. The molecule has 0 aliphatic carbocycles. The van der Waals surface area contributed by atoms with Crippen molar-refractivity contribution in [2.75, 3.05) is 25.2 Å². The minimum Gasteiger partial charge on any atom is -0.495 e. The molecule has 2 amide bonds. The summed E-state index contributed by atoms with van der Waals surface area (Å²) in [7, 11) is 1.57. The van der Waals surface area contributed by atoms with Gasteiger partial charge in [0.05, 0.1) is 25.3 Å². The van der Waals surface area contributed by atoms with E-state index >= 15 is 0 Å². The van der Waals surface area contributed by atoms with E-state index in [0.717, 1.165) is 11.1 Å². The quantitative estimate of drug-likeness (QED) is 0.762. The molecule has 1 atom stereocenters. The Morgan fingerprint density at radius 3 is 2.61 bits per heavy atom. The van der Waals surface area contributed by atoms with E-state index in [1.165, 1.54) is 0 Å². The maximum Gasteiger partial charge on any atom is 0.227 e. The number of anilines is 1. The number of carbonyl (C=O) groups is 2. The molecule has 3 rings (SSSR count). The number of carbonyl (C=O) groups excluding carboxylic acids is 2. The summed E-state index contributed by atoms with van der Waals surface area (Å²) in [5.41, 5.74) is 2.78. The van der Waals surface area contributed by atoms with Crippen molar-refractivity contribution < 1.29 is 19.1 Å². The lowest BCUT2D eigenvalue weighted by Crippen LogP contribution is -2.33. The zero-order valence-corrected chi connectivity index (χ0v) is 16.3. The largest absolute Gasteiger partial charge is 0.495 e. The van der Waals surface area contributed by atoms with Crippen molar-refractivity contribution in [2.45, 2.75) is 26.5 Å². The average molecular weight is 382 g/mol. The normalized spacial score (nSPS) is 16.3. The highest BCUT2D eigenvalue weighted by molar-refractivity contribution is 6.01. The van der Waals surface area contributed by atoms with Crippen molar-refractivity contribution in [3.05, 3.63) is 59.7 Å². The molecule has 1 unspecified atom stereocenters. The number of benzene rings is 2.